The fraction of sp³-hybridized carbons (Fsp3) is 1.00. The molecule has 1 aliphatic rings. The molecule has 0 N–H and O–H groups in total. The first-order valence-electron chi connectivity index (χ1n) is 3.95. The summed E-state index contributed by atoms with van der Waals surface area (Å²) in [6.45, 7) is 3.76. The van der Waals surface area contributed by atoms with E-state index in [9.17, 15) is 13.0 Å². The van der Waals surface area contributed by atoms with E-state index in [1.165, 1.54) is 6.92 Å². The molecular formula is C6H12NNaO5S. The molecule has 1 saturated heterocycles. The number of ether oxygens (including phenoxy) is 1. The topological polar surface area (TPSA) is 78.9 Å². The van der Waals surface area contributed by atoms with Crippen LogP contribution in [0.5, 0.6) is 0 Å². The van der Waals surface area contributed by atoms with Crippen LogP contribution in [0.3, 0.4) is 0 Å². The van der Waals surface area contributed by atoms with E-state index in [0.29, 0.717) is 26.3 Å². The van der Waals surface area contributed by atoms with Gasteiger partial charge in [0.25, 0.3) is 0 Å². The molecule has 1 atom stereocenters. The van der Waals surface area contributed by atoms with E-state index in [4.69, 9.17) is 4.74 Å². The fourth-order valence-corrected chi connectivity index (χ4v) is 1.64. The van der Waals surface area contributed by atoms with Gasteiger partial charge in [0, 0.05) is 13.1 Å². The Morgan fingerprint density at radius 2 is 1.93 bits per heavy atom. The van der Waals surface area contributed by atoms with Crippen molar-refractivity contribution in [3.63, 3.8) is 0 Å². The maximum absolute atomic E-state index is 10.2. The van der Waals surface area contributed by atoms with Gasteiger partial charge >= 0.3 is 29.6 Å². The number of morpholine rings is 1. The van der Waals surface area contributed by atoms with E-state index in [1.807, 2.05) is 0 Å². The second kappa shape index (κ2) is 6.39. The van der Waals surface area contributed by atoms with Crippen molar-refractivity contribution in [2.45, 2.75) is 13.2 Å². The molecule has 0 spiro atoms. The Hall–Kier alpha value is 0.790. The van der Waals surface area contributed by atoms with Gasteiger partial charge in [0.2, 0.25) is 10.4 Å². The maximum Gasteiger partial charge on any atom is 1.00 e. The third kappa shape index (κ3) is 5.62. The molecule has 0 bridgehead atoms. The fourth-order valence-electron chi connectivity index (χ4n) is 1.17. The molecule has 1 fully saturated rings. The van der Waals surface area contributed by atoms with Gasteiger partial charge in [0.05, 0.1) is 13.2 Å². The van der Waals surface area contributed by atoms with Crippen molar-refractivity contribution in [2.75, 3.05) is 26.3 Å². The first-order valence-corrected chi connectivity index (χ1v) is 5.28. The summed E-state index contributed by atoms with van der Waals surface area (Å²) in [5, 5.41) is 0. The molecule has 1 heterocycles. The zero-order chi connectivity index (χ0) is 9.90. The largest absolute Gasteiger partial charge is 1.00 e. The summed E-state index contributed by atoms with van der Waals surface area (Å²) in [7, 11) is -4.61. The zero-order valence-electron chi connectivity index (χ0n) is 8.30. The Bertz CT molecular complexity index is 251. The first kappa shape index (κ1) is 14.8. The Morgan fingerprint density at radius 1 is 1.43 bits per heavy atom. The van der Waals surface area contributed by atoms with E-state index in [2.05, 4.69) is 4.18 Å². The summed E-state index contributed by atoms with van der Waals surface area (Å²) in [6.07, 6.45) is -0.702. The van der Waals surface area contributed by atoms with Gasteiger partial charge in [0.1, 0.15) is 6.23 Å². The summed E-state index contributed by atoms with van der Waals surface area (Å²) in [5.74, 6) is 0. The third-order valence-electron chi connectivity index (χ3n) is 1.82. The van der Waals surface area contributed by atoms with Crippen LogP contribution in [0.25, 0.3) is 0 Å². The molecule has 0 aromatic heterocycles. The second-order valence-electron chi connectivity index (χ2n) is 2.75. The summed E-state index contributed by atoms with van der Waals surface area (Å²) in [6, 6.07) is 0. The second-order valence-corrected chi connectivity index (χ2v) is 3.76. The summed E-state index contributed by atoms with van der Waals surface area (Å²) in [4.78, 5) is 1.74. The smallest absolute Gasteiger partial charge is 0.725 e. The average molecular weight is 233 g/mol. The Morgan fingerprint density at radius 3 is 2.36 bits per heavy atom. The Labute approximate surface area is 106 Å². The number of rotatable bonds is 3. The van der Waals surface area contributed by atoms with Crippen LogP contribution in [-0.2, 0) is 19.3 Å². The van der Waals surface area contributed by atoms with Crippen LogP contribution in [0.1, 0.15) is 6.92 Å². The molecule has 1 rings (SSSR count). The minimum absolute atomic E-state index is 0. The predicted octanol–water partition coefficient (Wildman–Crippen LogP) is -3.85. The van der Waals surface area contributed by atoms with Crippen LogP contribution < -0.4 is 29.6 Å². The minimum atomic E-state index is -4.61. The standard InChI is InChI=1S/C6H13NO5S.Na/c1-6(12-13(8,9)10)7-2-4-11-5-3-7;/h6H,2-5H2,1H3,(H,8,9,10);/q;+1/p-1. The monoisotopic (exact) mass is 233 g/mol. The van der Waals surface area contributed by atoms with Gasteiger partial charge in [-0.2, -0.15) is 0 Å². The molecule has 14 heavy (non-hydrogen) atoms. The van der Waals surface area contributed by atoms with Gasteiger partial charge in [0.15, 0.2) is 0 Å². The average Bonchev–Trinajstić information content (AvgIpc) is 2.03. The van der Waals surface area contributed by atoms with Crippen molar-refractivity contribution in [1.82, 2.24) is 4.90 Å². The number of hydrogen-bond donors (Lipinski definition) is 0. The van der Waals surface area contributed by atoms with Crippen molar-refractivity contribution in [3.8, 4) is 0 Å². The Kier molecular flexibility index (Phi) is 6.75. The van der Waals surface area contributed by atoms with Crippen molar-refractivity contribution < 1.29 is 51.4 Å². The van der Waals surface area contributed by atoms with E-state index in [1.54, 1.807) is 4.90 Å². The number of nitrogens with zero attached hydrogens (tertiary/aromatic N) is 1. The summed E-state index contributed by atoms with van der Waals surface area (Å²) < 4.78 is 40.1. The van der Waals surface area contributed by atoms with E-state index < -0.39 is 16.6 Å². The molecule has 0 radical (unpaired) electrons. The van der Waals surface area contributed by atoms with Gasteiger partial charge in [-0.1, -0.05) is 0 Å². The predicted molar refractivity (Wildman–Crippen MR) is 42.6 cm³/mol. The van der Waals surface area contributed by atoms with Crippen molar-refractivity contribution in [2.24, 2.45) is 0 Å². The normalized spacial score (nSPS) is 21.3. The molecule has 0 aromatic rings. The van der Waals surface area contributed by atoms with Crippen molar-refractivity contribution >= 4 is 10.4 Å². The molecule has 0 aliphatic carbocycles. The van der Waals surface area contributed by atoms with Crippen molar-refractivity contribution in [1.29, 1.82) is 0 Å². The maximum atomic E-state index is 10.2. The molecule has 8 heteroatoms. The summed E-state index contributed by atoms with van der Waals surface area (Å²) >= 11 is 0. The van der Waals surface area contributed by atoms with Crippen LogP contribution in [0.2, 0.25) is 0 Å². The van der Waals surface area contributed by atoms with Gasteiger partial charge < -0.3 is 9.29 Å². The molecule has 1 unspecified atom stereocenters. The van der Waals surface area contributed by atoms with Crippen LogP contribution in [0.15, 0.2) is 0 Å². The first-order chi connectivity index (χ1) is 5.99. The SMILES string of the molecule is CC(OS(=O)(=O)[O-])N1CCOCC1.[Na+]. The molecule has 0 aromatic carbocycles. The van der Waals surface area contributed by atoms with E-state index >= 15 is 0 Å². The van der Waals surface area contributed by atoms with Gasteiger partial charge in [-0.25, -0.2) is 8.42 Å². The molecule has 0 saturated carbocycles. The summed E-state index contributed by atoms with van der Waals surface area (Å²) in [5.41, 5.74) is 0. The van der Waals surface area contributed by atoms with Gasteiger partial charge in [-0.3, -0.25) is 9.08 Å². The third-order valence-corrected chi connectivity index (χ3v) is 2.33. The van der Waals surface area contributed by atoms with Gasteiger partial charge in [-0.15, -0.1) is 0 Å². The Balaban J connectivity index is 0.00000169. The van der Waals surface area contributed by atoms with Crippen LogP contribution in [0, 0.1) is 0 Å². The molecule has 78 valence electrons. The van der Waals surface area contributed by atoms with Crippen LogP contribution >= 0.6 is 0 Å². The van der Waals surface area contributed by atoms with Crippen molar-refractivity contribution in [3.05, 3.63) is 0 Å². The molecule has 0 amide bonds. The van der Waals surface area contributed by atoms with E-state index in [-0.39, 0.29) is 29.6 Å². The van der Waals surface area contributed by atoms with Crippen LogP contribution in [0.4, 0.5) is 0 Å². The zero-order valence-corrected chi connectivity index (χ0v) is 11.1. The van der Waals surface area contributed by atoms with Gasteiger partial charge in [-0.05, 0) is 6.92 Å². The minimum Gasteiger partial charge on any atom is -0.725 e. The van der Waals surface area contributed by atoms with E-state index in [0.717, 1.165) is 0 Å². The number of hydrogen-bond acceptors (Lipinski definition) is 6. The molecule has 1 aliphatic heterocycles. The molecule has 6 nitrogen and oxygen atoms in total. The molecular weight excluding hydrogens is 221 g/mol. The quantitative estimate of drug-likeness (QED) is 0.282. The van der Waals surface area contributed by atoms with Crippen LogP contribution in [-0.4, -0.2) is 50.4 Å².